The van der Waals surface area contributed by atoms with Crippen molar-refractivity contribution in [3.8, 4) is 5.75 Å². The fourth-order valence-corrected chi connectivity index (χ4v) is 2.59. The average Bonchev–Trinajstić information content (AvgIpc) is 2.47. The van der Waals surface area contributed by atoms with Crippen LogP contribution in [0.4, 0.5) is 4.79 Å². The van der Waals surface area contributed by atoms with Crippen LogP contribution in [0.25, 0.3) is 0 Å². The van der Waals surface area contributed by atoms with Crippen LogP contribution in [0.1, 0.15) is 38.2 Å². The third-order valence-corrected chi connectivity index (χ3v) is 3.91. The van der Waals surface area contributed by atoms with Gasteiger partial charge < -0.3 is 19.8 Å². The zero-order valence-corrected chi connectivity index (χ0v) is 12.8. The highest BCUT2D eigenvalue weighted by Crippen LogP contribution is 2.30. The van der Waals surface area contributed by atoms with Crippen molar-refractivity contribution in [1.82, 2.24) is 4.90 Å². The van der Waals surface area contributed by atoms with E-state index in [-0.39, 0.29) is 5.92 Å². The number of hydrogen-bond donors (Lipinski definition) is 2. The smallest absolute Gasteiger partial charge is 0.407 e. The van der Waals surface area contributed by atoms with E-state index in [0.29, 0.717) is 18.8 Å². The van der Waals surface area contributed by atoms with E-state index in [0.717, 1.165) is 18.4 Å². The molecule has 1 atom stereocenters. The van der Waals surface area contributed by atoms with Gasteiger partial charge in [-0.15, -0.1) is 0 Å². The average molecular weight is 307 g/mol. The van der Waals surface area contributed by atoms with E-state index in [4.69, 9.17) is 14.9 Å². The summed E-state index contributed by atoms with van der Waals surface area (Å²) in [5.41, 5.74) is -0.331. The topological polar surface area (TPSA) is 87.1 Å². The number of rotatable bonds is 4. The van der Waals surface area contributed by atoms with Crippen LogP contribution in [0, 0.1) is 0 Å². The number of aliphatic carboxylic acids is 1. The van der Waals surface area contributed by atoms with Crippen LogP contribution < -0.4 is 4.74 Å². The molecule has 1 aromatic carbocycles. The Kier molecular flexibility index (Phi) is 4.59. The Labute approximate surface area is 129 Å². The lowest BCUT2D eigenvalue weighted by molar-refractivity contribution is -0.152. The van der Waals surface area contributed by atoms with Gasteiger partial charge in [0.1, 0.15) is 5.75 Å². The molecule has 6 heteroatoms. The molecular weight excluding hydrogens is 286 g/mol. The molecule has 1 fully saturated rings. The quantitative estimate of drug-likeness (QED) is 0.893. The van der Waals surface area contributed by atoms with Crippen molar-refractivity contribution in [3.05, 3.63) is 29.8 Å². The molecule has 0 radical (unpaired) electrons. The molecule has 2 N–H and O–H groups in total. The maximum absolute atomic E-state index is 11.1. The minimum atomic E-state index is -1.31. The Balaban J connectivity index is 2.14. The Morgan fingerprint density at radius 3 is 2.68 bits per heavy atom. The van der Waals surface area contributed by atoms with Crippen molar-refractivity contribution in [2.45, 2.75) is 38.2 Å². The maximum Gasteiger partial charge on any atom is 0.407 e. The van der Waals surface area contributed by atoms with Crippen LogP contribution >= 0.6 is 0 Å². The van der Waals surface area contributed by atoms with Crippen molar-refractivity contribution < 1.29 is 24.5 Å². The number of likely N-dealkylation sites (tertiary alicyclic amines) is 1. The van der Waals surface area contributed by atoms with Gasteiger partial charge in [0.15, 0.2) is 5.60 Å². The van der Waals surface area contributed by atoms with E-state index < -0.39 is 17.7 Å². The van der Waals surface area contributed by atoms with Crippen molar-refractivity contribution >= 4 is 12.1 Å². The van der Waals surface area contributed by atoms with E-state index in [2.05, 4.69) is 0 Å². The fourth-order valence-electron chi connectivity index (χ4n) is 2.59. The van der Waals surface area contributed by atoms with Gasteiger partial charge >= 0.3 is 12.1 Å². The molecular formula is C16H21NO5. The maximum atomic E-state index is 11.1. The summed E-state index contributed by atoms with van der Waals surface area (Å²) in [6.07, 6.45) is 0.835. The van der Waals surface area contributed by atoms with Crippen LogP contribution in [0.3, 0.4) is 0 Å². The molecule has 22 heavy (non-hydrogen) atoms. The third-order valence-electron chi connectivity index (χ3n) is 3.91. The van der Waals surface area contributed by atoms with E-state index in [1.807, 2.05) is 12.1 Å². The highest BCUT2D eigenvalue weighted by atomic mass is 16.5. The lowest BCUT2D eigenvalue weighted by atomic mass is 9.90. The Bertz CT molecular complexity index is 569. The predicted octanol–water partition coefficient (Wildman–Crippen LogP) is 2.79. The molecule has 0 bridgehead atoms. The lowest BCUT2D eigenvalue weighted by Gasteiger charge is -2.31. The molecule has 2 rings (SSSR count). The summed E-state index contributed by atoms with van der Waals surface area (Å²) >= 11 is 0. The molecule has 0 saturated carbocycles. The van der Waals surface area contributed by atoms with Crippen molar-refractivity contribution in [2.24, 2.45) is 0 Å². The van der Waals surface area contributed by atoms with E-state index in [1.165, 1.54) is 18.7 Å². The first-order valence-electron chi connectivity index (χ1n) is 7.30. The van der Waals surface area contributed by atoms with Crippen LogP contribution in [-0.4, -0.2) is 45.9 Å². The fraction of sp³-hybridized carbons (Fsp3) is 0.500. The summed E-state index contributed by atoms with van der Waals surface area (Å²) < 4.78 is 5.54. The predicted molar refractivity (Wildman–Crippen MR) is 80.4 cm³/mol. The lowest BCUT2D eigenvalue weighted by Crippen LogP contribution is -2.38. The highest BCUT2D eigenvalue weighted by molar-refractivity contribution is 5.76. The summed E-state index contributed by atoms with van der Waals surface area (Å²) in [4.78, 5) is 23.6. The number of amides is 1. The molecule has 0 aromatic heterocycles. The molecule has 1 amide bonds. The molecule has 0 unspecified atom stereocenters. The van der Waals surface area contributed by atoms with Crippen LogP contribution in [0.5, 0.6) is 5.75 Å². The number of carbonyl (C=O) groups is 2. The van der Waals surface area contributed by atoms with E-state index >= 15 is 0 Å². The normalized spacial score (nSPS) is 18.8. The molecule has 1 aliphatic rings. The largest absolute Gasteiger partial charge is 0.478 e. The van der Waals surface area contributed by atoms with Gasteiger partial charge in [-0.05, 0) is 44.4 Å². The summed E-state index contributed by atoms with van der Waals surface area (Å²) in [5.74, 6) is -0.439. The third kappa shape index (κ3) is 3.69. The molecule has 1 saturated heterocycles. The minimum absolute atomic E-state index is 0.112. The highest BCUT2D eigenvalue weighted by Gasteiger charge is 2.30. The second kappa shape index (κ2) is 6.25. The molecule has 1 heterocycles. The Hall–Kier alpha value is -2.24. The van der Waals surface area contributed by atoms with Crippen molar-refractivity contribution in [2.75, 3.05) is 13.1 Å². The van der Waals surface area contributed by atoms with Gasteiger partial charge in [0.05, 0.1) is 0 Å². The number of hydrogen-bond acceptors (Lipinski definition) is 3. The first-order chi connectivity index (χ1) is 10.3. The van der Waals surface area contributed by atoms with Crippen molar-refractivity contribution in [3.63, 3.8) is 0 Å². The van der Waals surface area contributed by atoms with Gasteiger partial charge in [-0.25, -0.2) is 9.59 Å². The number of benzene rings is 1. The number of ether oxygens (including phenoxy) is 1. The summed E-state index contributed by atoms with van der Waals surface area (Å²) in [7, 11) is 0. The molecule has 1 aliphatic heterocycles. The second-order valence-corrected chi connectivity index (χ2v) is 6.06. The molecule has 120 valence electrons. The Morgan fingerprint density at radius 2 is 2.05 bits per heavy atom. The molecule has 0 aliphatic carbocycles. The minimum Gasteiger partial charge on any atom is -0.478 e. The zero-order valence-electron chi connectivity index (χ0n) is 12.8. The molecule has 0 spiro atoms. The standard InChI is InChI=1S/C16H21NO5/c1-16(2,14(18)19)22-13-7-3-5-11(9-13)12-6-4-8-17(10-12)15(20)21/h3,5,7,9,12H,4,6,8,10H2,1-2H3,(H,18,19)(H,20,21)/t12-/m1/s1. The number of carboxylic acids is 1. The zero-order chi connectivity index (χ0) is 16.3. The van der Waals surface area contributed by atoms with Gasteiger partial charge in [0, 0.05) is 19.0 Å². The van der Waals surface area contributed by atoms with Crippen LogP contribution in [-0.2, 0) is 4.79 Å². The summed E-state index contributed by atoms with van der Waals surface area (Å²) in [6.45, 7) is 4.01. The molecule has 6 nitrogen and oxygen atoms in total. The monoisotopic (exact) mass is 307 g/mol. The van der Waals surface area contributed by atoms with E-state index in [9.17, 15) is 9.59 Å². The van der Waals surface area contributed by atoms with Crippen molar-refractivity contribution in [1.29, 1.82) is 0 Å². The first kappa shape index (κ1) is 16.1. The molecule has 1 aromatic rings. The number of piperidine rings is 1. The Morgan fingerprint density at radius 1 is 1.32 bits per heavy atom. The van der Waals surface area contributed by atoms with Crippen LogP contribution in [0.2, 0.25) is 0 Å². The van der Waals surface area contributed by atoms with Gasteiger partial charge in [-0.1, -0.05) is 12.1 Å². The van der Waals surface area contributed by atoms with E-state index in [1.54, 1.807) is 12.1 Å². The van der Waals surface area contributed by atoms with Gasteiger partial charge in [0.2, 0.25) is 0 Å². The van der Waals surface area contributed by atoms with Crippen LogP contribution in [0.15, 0.2) is 24.3 Å². The number of nitrogens with zero attached hydrogens (tertiary/aromatic N) is 1. The van der Waals surface area contributed by atoms with Gasteiger partial charge in [0.25, 0.3) is 0 Å². The summed E-state index contributed by atoms with van der Waals surface area (Å²) in [5, 5.41) is 18.2. The second-order valence-electron chi connectivity index (χ2n) is 6.06. The van der Waals surface area contributed by atoms with Gasteiger partial charge in [-0.3, -0.25) is 0 Å². The summed E-state index contributed by atoms with van der Waals surface area (Å²) in [6, 6.07) is 7.26. The SMILES string of the molecule is CC(C)(Oc1cccc([C@@H]2CCCN(C(=O)O)C2)c1)C(=O)O. The first-order valence-corrected chi connectivity index (χ1v) is 7.30. The van der Waals surface area contributed by atoms with Gasteiger partial charge in [-0.2, -0.15) is 0 Å². The number of carboxylic acid groups (broad SMARTS) is 2.